The fraction of sp³-hybridized carbons (Fsp3) is 0.605. The summed E-state index contributed by atoms with van der Waals surface area (Å²) in [4.78, 5) is 78.7. The molecule has 2 N–H and O–H groups in total. The van der Waals surface area contributed by atoms with E-state index in [0.29, 0.717) is 36.0 Å². The molecule has 57 heavy (non-hydrogen) atoms. The van der Waals surface area contributed by atoms with Crippen LogP contribution in [0.15, 0.2) is 40.4 Å². The lowest BCUT2D eigenvalue weighted by molar-refractivity contribution is -0.178. The Kier molecular flexibility index (Phi) is 9.76. The minimum atomic E-state index is -1.08. The van der Waals surface area contributed by atoms with Crippen molar-refractivity contribution in [3.8, 4) is 17.0 Å². The molecule has 0 radical (unpaired) electrons. The van der Waals surface area contributed by atoms with Crippen molar-refractivity contribution < 1.29 is 47.9 Å². The summed E-state index contributed by atoms with van der Waals surface area (Å²) < 4.78 is 17.0. The number of thioether (sulfide) groups is 1. The van der Waals surface area contributed by atoms with E-state index in [1.165, 1.54) is 22.2 Å². The molecule has 1 aromatic carbocycles. The highest BCUT2D eigenvalue weighted by Crippen LogP contribution is 2.67. The Bertz CT molecular complexity index is 2080. The van der Waals surface area contributed by atoms with Crippen LogP contribution in [0.2, 0.25) is 0 Å². The maximum Gasteiger partial charge on any atom is 0.327 e. The van der Waals surface area contributed by atoms with Gasteiger partial charge < -0.3 is 29.3 Å². The number of aromatic nitrogens is 1. The number of carboxylic acid groups (broad SMARTS) is 1. The van der Waals surface area contributed by atoms with E-state index < -0.39 is 40.0 Å². The Morgan fingerprint density at radius 2 is 1.79 bits per heavy atom. The number of β-lactam (4-membered cyclic amide) rings is 1. The Morgan fingerprint density at radius 1 is 1.05 bits per heavy atom. The second kappa shape index (κ2) is 14.1. The smallest absolute Gasteiger partial charge is 0.327 e. The lowest BCUT2D eigenvalue weighted by Crippen LogP contribution is -2.70. The van der Waals surface area contributed by atoms with Gasteiger partial charge in [-0.3, -0.25) is 24.0 Å². The average Bonchev–Trinajstić information content (AvgIpc) is 3.79. The molecule has 4 aliphatic carbocycles. The van der Waals surface area contributed by atoms with E-state index in [9.17, 15) is 33.9 Å². The molecule has 2 aromatic rings. The highest BCUT2D eigenvalue weighted by atomic mass is 32.2. The normalized spacial score (nSPS) is 34.8. The fourth-order valence-corrected chi connectivity index (χ4v) is 13.4. The first-order chi connectivity index (χ1) is 26.9. The van der Waals surface area contributed by atoms with Gasteiger partial charge in [-0.1, -0.05) is 24.6 Å². The van der Waals surface area contributed by atoms with Crippen LogP contribution in [0, 0.1) is 41.4 Å². The SMILES string of the molecule is CC(=O)C1CCC2C3CCC4=CC(=O)CCC4(C)C3C(OC(=O)CCOc3ccc(-c4noc(C)c4C(=O)NC4C(=O)N5C4SC(C)(C)C5C(=O)O)cc3)CC12C. The van der Waals surface area contributed by atoms with Gasteiger partial charge in [0.25, 0.3) is 5.91 Å². The van der Waals surface area contributed by atoms with Crippen molar-refractivity contribution in [1.82, 2.24) is 15.4 Å². The number of carbonyl (C=O) groups is 6. The lowest BCUT2D eigenvalue weighted by atomic mass is 9.46. The van der Waals surface area contributed by atoms with Crippen molar-refractivity contribution in [3.05, 3.63) is 47.2 Å². The van der Waals surface area contributed by atoms with Crippen molar-refractivity contribution in [3.63, 3.8) is 0 Å². The van der Waals surface area contributed by atoms with E-state index in [4.69, 9.17) is 14.0 Å². The summed E-state index contributed by atoms with van der Waals surface area (Å²) >= 11 is 1.34. The number of nitrogens with zero attached hydrogens (tertiary/aromatic N) is 2. The molecule has 3 saturated carbocycles. The fourth-order valence-electron chi connectivity index (χ4n) is 11.8. The first-order valence-electron chi connectivity index (χ1n) is 20.1. The van der Waals surface area contributed by atoms with Gasteiger partial charge in [0.2, 0.25) is 5.91 Å². The molecule has 0 bridgehead atoms. The van der Waals surface area contributed by atoms with Crippen LogP contribution >= 0.6 is 11.8 Å². The van der Waals surface area contributed by atoms with Crippen molar-refractivity contribution in [2.75, 3.05) is 6.61 Å². The van der Waals surface area contributed by atoms with Crippen LogP contribution in [0.5, 0.6) is 5.75 Å². The van der Waals surface area contributed by atoms with Crippen LogP contribution < -0.4 is 10.1 Å². The summed E-state index contributed by atoms with van der Waals surface area (Å²) in [7, 11) is 0. The standard InChI is InChI=1S/C43H51N3O10S/c1-21(47)28-13-14-29-27-12-9-24-19-25(48)15-17-42(24,5)33(27)30(20-43(28,29)6)55-31(49)16-18-54-26-10-7-23(8-11-26)34-32(22(2)56-45-34)37(50)44-35-38(51)46-36(40(52)53)41(3,4)57-39(35)46/h7-8,10-11,19,27-30,33,35-36,39H,9,12-18,20H2,1-6H3,(H,44,50)(H,52,53). The predicted octanol–water partition coefficient (Wildman–Crippen LogP) is 5.92. The number of esters is 1. The van der Waals surface area contributed by atoms with E-state index in [1.54, 1.807) is 52.0 Å². The van der Waals surface area contributed by atoms with Gasteiger partial charge in [0.1, 0.15) is 52.1 Å². The zero-order chi connectivity index (χ0) is 40.8. The number of amides is 2. The molecule has 10 unspecified atom stereocenters. The molecule has 14 heteroatoms. The van der Waals surface area contributed by atoms with Crippen LogP contribution in [-0.4, -0.2) is 85.4 Å². The molecule has 6 aliphatic rings. The molecule has 2 amide bonds. The number of nitrogens with one attached hydrogen (secondary N) is 1. The lowest BCUT2D eigenvalue weighted by Gasteiger charge is -2.60. The quantitative estimate of drug-likeness (QED) is 0.214. The second-order valence-corrected chi connectivity index (χ2v) is 19.8. The maximum absolute atomic E-state index is 13.6. The van der Waals surface area contributed by atoms with Gasteiger partial charge in [-0.05, 0) is 119 Å². The average molecular weight is 802 g/mol. The molecule has 8 rings (SSSR count). The van der Waals surface area contributed by atoms with Crippen LogP contribution in [0.25, 0.3) is 11.3 Å². The van der Waals surface area contributed by atoms with Crippen molar-refractivity contribution in [2.24, 2.45) is 34.5 Å². The second-order valence-electron chi connectivity index (χ2n) is 18.0. The number of hydrogen-bond acceptors (Lipinski definition) is 11. The number of hydrogen-bond donors (Lipinski definition) is 2. The minimum absolute atomic E-state index is 0.0254. The molecule has 13 nitrogen and oxygen atoms in total. The third-order valence-electron chi connectivity index (χ3n) is 14.4. The third kappa shape index (κ3) is 6.40. The highest BCUT2D eigenvalue weighted by Gasteiger charge is 2.65. The monoisotopic (exact) mass is 801 g/mol. The number of benzene rings is 1. The van der Waals surface area contributed by atoms with Crippen LogP contribution in [0.1, 0.15) is 102 Å². The number of carboxylic acids is 1. The van der Waals surface area contributed by atoms with E-state index in [-0.39, 0.29) is 76.4 Å². The summed E-state index contributed by atoms with van der Waals surface area (Å²) in [6.07, 6.45) is 7.05. The number of aliphatic carboxylic acids is 1. The minimum Gasteiger partial charge on any atom is -0.493 e. The van der Waals surface area contributed by atoms with Crippen LogP contribution in [0.3, 0.4) is 0 Å². The van der Waals surface area contributed by atoms with Gasteiger partial charge in [-0.25, -0.2) is 4.79 Å². The number of fused-ring (bicyclic) bond motifs is 6. The molecule has 2 saturated heterocycles. The van der Waals surface area contributed by atoms with Gasteiger partial charge in [0.05, 0.1) is 13.0 Å². The van der Waals surface area contributed by atoms with E-state index in [0.717, 1.165) is 32.1 Å². The van der Waals surface area contributed by atoms with Crippen molar-refractivity contribution in [1.29, 1.82) is 0 Å². The summed E-state index contributed by atoms with van der Waals surface area (Å²) in [6.45, 7) is 11.4. The number of ketones is 2. The highest BCUT2D eigenvalue weighted by molar-refractivity contribution is 8.01. The number of aryl methyl sites for hydroxylation is 1. The number of carbonyl (C=O) groups excluding carboxylic acids is 5. The largest absolute Gasteiger partial charge is 0.493 e. The summed E-state index contributed by atoms with van der Waals surface area (Å²) in [6, 6.07) is 4.99. The third-order valence-corrected chi connectivity index (χ3v) is 16.0. The molecular formula is C43H51N3O10S. The van der Waals surface area contributed by atoms with Gasteiger partial charge in [0.15, 0.2) is 5.78 Å². The van der Waals surface area contributed by atoms with Gasteiger partial charge in [0, 0.05) is 28.6 Å². The number of rotatable bonds is 10. The Morgan fingerprint density at radius 3 is 2.49 bits per heavy atom. The van der Waals surface area contributed by atoms with Crippen molar-refractivity contribution in [2.45, 2.75) is 121 Å². The predicted molar refractivity (Wildman–Crippen MR) is 208 cm³/mol. The zero-order valence-electron chi connectivity index (χ0n) is 33.3. The first kappa shape index (κ1) is 39.4. The summed E-state index contributed by atoms with van der Waals surface area (Å²) in [5.41, 5.74) is 1.72. The van der Waals surface area contributed by atoms with E-state index in [2.05, 4.69) is 24.3 Å². The molecule has 10 atom stereocenters. The van der Waals surface area contributed by atoms with Gasteiger partial charge in [-0.15, -0.1) is 11.8 Å². The number of allylic oxidation sites excluding steroid dienone is 1. The molecule has 304 valence electrons. The molecule has 0 spiro atoms. The number of Topliss-reactive ketones (excluding diaryl/α,β-unsaturated/α-hetero) is 1. The summed E-state index contributed by atoms with van der Waals surface area (Å²) in [5, 5.41) is 16.1. The Hall–Kier alpha value is -4.46. The summed E-state index contributed by atoms with van der Waals surface area (Å²) in [5.74, 6) is -0.580. The van der Waals surface area contributed by atoms with Crippen LogP contribution in [0.4, 0.5) is 0 Å². The molecule has 2 aliphatic heterocycles. The Labute approximate surface area is 336 Å². The first-order valence-corrected chi connectivity index (χ1v) is 21.0. The van der Waals surface area contributed by atoms with Gasteiger partial charge in [-0.2, -0.15) is 0 Å². The van der Waals surface area contributed by atoms with E-state index >= 15 is 0 Å². The van der Waals surface area contributed by atoms with E-state index in [1.807, 2.05) is 6.08 Å². The molecule has 1 aromatic heterocycles. The Balaban J connectivity index is 0.909. The molecular weight excluding hydrogens is 751 g/mol. The number of ether oxygens (including phenoxy) is 2. The zero-order valence-corrected chi connectivity index (χ0v) is 34.1. The molecule has 3 heterocycles. The maximum atomic E-state index is 13.6. The molecule has 5 fully saturated rings. The van der Waals surface area contributed by atoms with Crippen molar-refractivity contribution >= 4 is 47.1 Å². The van der Waals surface area contributed by atoms with Gasteiger partial charge >= 0.3 is 11.9 Å². The topological polar surface area (TPSA) is 182 Å². The van der Waals surface area contributed by atoms with Crippen LogP contribution in [-0.2, 0) is 28.7 Å².